The van der Waals surface area contributed by atoms with Gasteiger partial charge in [-0.05, 0) is 0 Å². The van der Waals surface area contributed by atoms with Gasteiger partial charge in [-0.15, -0.1) is 0 Å². The first-order chi connectivity index (χ1) is 20.5. The highest BCUT2D eigenvalue weighted by molar-refractivity contribution is 5.69. The minimum atomic E-state index is -1.90. The summed E-state index contributed by atoms with van der Waals surface area (Å²) in [6.07, 6.45) is -16.3. The molecule has 18 heteroatoms. The Balaban J connectivity index is 2.66. The maximum absolute atomic E-state index is 12.2. The Bertz CT molecular complexity index is 1090. The maximum atomic E-state index is 12.2. The summed E-state index contributed by atoms with van der Waals surface area (Å²) in [5, 5.41) is 10.6. The summed E-state index contributed by atoms with van der Waals surface area (Å²) in [4.78, 5) is 83.5. The lowest BCUT2D eigenvalue weighted by atomic mass is 9.96. The van der Waals surface area contributed by atoms with Crippen LogP contribution in [0, 0.1) is 0 Å². The van der Waals surface area contributed by atoms with Gasteiger partial charge in [-0.25, -0.2) is 0 Å². The zero-order valence-corrected chi connectivity index (χ0v) is 25.1. The average molecular weight is 637 g/mol. The van der Waals surface area contributed by atoms with Crippen LogP contribution in [0.15, 0.2) is 0 Å². The number of esters is 7. The summed E-state index contributed by atoms with van der Waals surface area (Å²) in [5.74, 6) is -6.03. The zero-order chi connectivity index (χ0) is 33.3. The molecule has 0 bridgehead atoms. The second-order valence-electron chi connectivity index (χ2n) is 9.68. The van der Waals surface area contributed by atoms with Crippen molar-refractivity contribution in [2.45, 2.75) is 110 Å². The highest BCUT2D eigenvalue weighted by Crippen LogP contribution is 2.34. The molecule has 2 rings (SSSR count). The molecule has 248 valence electrons. The highest BCUT2D eigenvalue weighted by atomic mass is 16.8. The van der Waals surface area contributed by atoms with Crippen LogP contribution >= 0.6 is 0 Å². The van der Waals surface area contributed by atoms with E-state index in [9.17, 15) is 38.7 Å². The predicted octanol–water partition coefficient (Wildman–Crippen LogP) is -1.40. The summed E-state index contributed by atoms with van der Waals surface area (Å²) in [7, 11) is 0. The maximum Gasteiger partial charge on any atom is 0.303 e. The van der Waals surface area contributed by atoms with Crippen LogP contribution in [0.4, 0.5) is 0 Å². The molecule has 44 heavy (non-hydrogen) atoms. The van der Waals surface area contributed by atoms with Gasteiger partial charge in [-0.2, -0.15) is 0 Å². The molecule has 0 aromatic carbocycles. The van der Waals surface area contributed by atoms with Gasteiger partial charge in [0.05, 0.1) is 0 Å². The van der Waals surface area contributed by atoms with Crippen LogP contribution in [0.1, 0.15) is 48.5 Å². The lowest BCUT2D eigenvalue weighted by Crippen LogP contribution is -2.67. The molecular weight excluding hydrogens is 600 g/mol. The summed E-state index contributed by atoms with van der Waals surface area (Å²) in [6, 6.07) is 0. The van der Waals surface area contributed by atoms with E-state index in [0.717, 1.165) is 48.5 Å². The predicted molar refractivity (Wildman–Crippen MR) is 135 cm³/mol. The minimum absolute atomic E-state index is 0.572. The van der Waals surface area contributed by atoms with Gasteiger partial charge in [-0.1, -0.05) is 0 Å². The largest absolute Gasteiger partial charge is 0.463 e. The van der Waals surface area contributed by atoms with Gasteiger partial charge in [0, 0.05) is 48.5 Å². The van der Waals surface area contributed by atoms with E-state index in [4.69, 9.17) is 47.4 Å². The van der Waals surface area contributed by atoms with Crippen LogP contribution in [-0.2, 0) is 80.9 Å². The van der Waals surface area contributed by atoms with Gasteiger partial charge in [0.15, 0.2) is 43.1 Å². The quantitative estimate of drug-likeness (QED) is 0.203. The van der Waals surface area contributed by atoms with Gasteiger partial charge in [0.25, 0.3) is 0 Å². The van der Waals surface area contributed by atoms with Crippen molar-refractivity contribution >= 4 is 41.8 Å². The fourth-order valence-corrected chi connectivity index (χ4v) is 4.49. The number of aliphatic hydroxyl groups is 1. The third-order valence-corrected chi connectivity index (χ3v) is 5.90. The second-order valence-corrected chi connectivity index (χ2v) is 9.68. The Morgan fingerprint density at radius 2 is 0.841 bits per heavy atom. The molecule has 0 amide bonds. The number of carbonyl (C=O) groups is 7. The molecule has 1 unspecified atom stereocenters. The topological polar surface area (TPSA) is 232 Å². The van der Waals surface area contributed by atoms with E-state index in [1.807, 2.05) is 0 Å². The van der Waals surface area contributed by atoms with Crippen LogP contribution in [0.5, 0.6) is 0 Å². The summed E-state index contributed by atoms with van der Waals surface area (Å²) in [6.45, 7) is 6.11. The third kappa shape index (κ3) is 10.7. The first kappa shape index (κ1) is 36.3. The van der Waals surface area contributed by atoms with E-state index in [0.29, 0.717) is 0 Å². The number of hydrogen-bond acceptors (Lipinski definition) is 18. The van der Waals surface area contributed by atoms with Crippen LogP contribution in [-0.4, -0.2) is 122 Å². The molecule has 0 saturated carbocycles. The molecule has 0 aromatic heterocycles. The zero-order valence-electron chi connectivity index (χ0n) is 25.1. The van der Waals surface area contributed by atoms with Crippen molar-refractivity contribution in [2.24, 2.45) is 0 Å². The fraction of sp³-hybridized carbons (Fsp3) is 0.731. The molecule has 2 aliphatic heterocycles. The number of rotatable bonds is 11. The first-order valence-electron chi connectivity index (χ1n) is 13.3. The van der Waals surface area contributed by atoms with Gasteiger partial charge in [-0.3, -0.25) is 33.6 Å². The normalized spacial score (nSPS) is 31.5. The van der Waals surface area contributed by atoms with E-state index in [1.54, 1.807) is 0 Å². The molecule has 0 aliphatic carbocycles. The molecule has 2 heterocycles. The number of hydrogen-bond donors (Lipinski definition) is 1. The first-order valence-corrected chi connectivity index (χ1v) is 13.3. The minimum Gasteiger partial charge on any atom is -0.463 e. The van der Waals surface area contributed by atoms with Crippen molar-refractivity contribution < 1.29 is 86.0 Å². The summed E-state index contributed by atoms with van der Waals surface area (Å²) < 4.78 is 54.1. The smallest absolute Gasteiger partial charge is 0.303 e. The highest BCUT2D eigenvalue weighted by Gasteiger charge is 2.57. The summed E-state index contributed by atoms with van der Waals surface area (Å²) >= 11 is 0. The average Bonchev–Trinajstić information content (AvgIpc) is 2.87. The number of aliphatic hydroxyl groups excluding tert-OH is 1. The Morgan fingerprint density at radius 1 is 0.477 bits per heavy atom. The molecule has 18 nitrogen and oxygen atoms in total. The lowest BCUT2D eigenvalue weighted by Gasteiger charge is -2.48. The Labute approximate surface area is 251 Å². The van der Waals surface area contributed by atoms with Crippen molar-refractivity contribution in [1.82, 2.24) is 0 Å². The molecular formula is C26H36O18. The molecule has 0 aromatic rings. The molecule has 0 radical (unpaired) electrons. The van der Waals surface area contributed by atoms with Gasteiger partial charge in [0.2, 0.25) is 0 Å². The van der Waals surface area contributed by atoms with E-state index < -0.39 is 116 Å². The van der Waals surface area contributed by atoms with E-state index in [-0.39, 0.29) is 0 Å². The fourth-order valence-electron chi connectivity index (χ4n) is 4.49. The molecule has 0 spiro atoms. The molecule has 10 atom stereocenters. The van der Waals surface area contributed by atoms with Crippen molar-refractivity contribution in [2.75, 3.05) is 13.2 Å². The second kappa shape index (κ2) is 16.3. The van der Waals surface area contributed by atoms with Crippen molar-refractivity contribution in [3.05, 3.63) is 0 Å². The Morgan fingerprint density at radius 3 is 1.27 bits per heavy atom. The van der Waals surface area contributed by atoms with Crippen LogP contribution in [0.2, 0.25) is 0 Å². The van der Waals surface area contributed by atoms with Crippen molar-refractivity contribution in [3.63, 3.8) is 0 Å². The molecule has 2 aliphatic rings. The van der Waals surface area contributed by atoms with Crippen LogP contribution in [0.25, 0.3) is 0 Å². The number of carbonyl (C=O) groups excluding carboxylic acids is 7. The Hall–Kier alpha value is -3.87. The third-order valence-electron chi connectivity index (χ3n) is 5.90. The Kier molecular flexibility index (Phi) is 13.4. The SMILES string of the molecule is CC(=O)OC[C@H]1OC(O[C@H]2[C@H](OC(C)=O)[C@@H](OC(C)=O)[C@H](O)O[C@@H]2COC(C)=O)[C@H](OC(C)=O)[C@@H](OC(C)=O)[C@H]1OC(C)=O. The summed E-state index contributed by atoms with van der Waals surface area (Å²) in [5.41, 5.74) is 0. The van der Waals surface area contributed by atoms with Crippen LogP contribution in [0.3, 0.4) is 0 Å². The molecule has 2 saturated heterocycles. The van der Waals surface area contributed by atoms with Crippen molar-refractivity contribution in [1.29, 1.82) is 0 Å². The van der Waals surface area contributed by atoms with Gasteiger partial charge >= 0.3 is 41.8 Å². The lowest BCUT2D eigenvalue weighted by molar-refractivity contribution is -0.357. The standard InChI is InChI=1S/C26H36O18/c1-10(27)35-8-17-20(21(38-13(4)30)23(25(34)42-17)40-15(6)32)44-26-24(41-16(7)33)22(39-14(5)31)19(37-12(3)29)18(43-26)9-36-11(2)28/h17-26,34H,8-9H2,1-7H3/t17-,18-,19+,20-,21+,22+,23-,24-,25-,26?/m1/s1. The monoisotopic (exact) mass is 636 g/mol. The molecule has 2 fully saturated rings. The van der Waals surface area contributed by atoms with E-state index in [2.05, 4.69) is 0 Å². The van der Waals surface area contributed by atoms with Gasteiger partial charge < -0.3 is 52.5 Å². The van der Waals surface area contributed by atoms with E-state index >= 15 is 0 Å². The van der Waals surface area contributed by atoms with Crippen LogP contribution < -0.4 is 0 Å². The number of ether oxygens (including phenoxy) is 10. The molecule has 1 N–H and O–H groups in total. The van der Waals surface area contributed by atoms with E-state index in [1.165, 1.54) is 0 Å². The van der Waals surface area contributed by atoms with Gasteiger partial charge in [0.1, 0.15) is 31.5 Å². The van der Waals surface area contributed by atoms with Crippen molar-refractivity contribution in [3.8, 4) is 0 Å².